The normalized spacial score (nSPS) is 12.3. The van der Waals surface area contributed by atoms with E-state index in [1.165, 1.54) is 6.07 Å². The Morgan fingerprint density at radius 2 is 1.84 bits per heavy atom. The third kappa shape index (κ3) is 3.54. The summed E-state index contributed by atoms with van der Waals surface area (Å²) in [4.78, 5) is 19.2. The number of pyridine rings is 1. The highest BCUT2D eigenvalue weighted by molar-refractivity contribution is 6.34. The van der Waals surface area contributed by atoms with Crippen molar-refractivity contribution in [2.75, 3.05) is 4.90 Å². The quantitative estimate of drug-likeness (QED) is 0.367. The van der Waals surface area contributed by atoms with Crippen LogP contribution < -0.4 is 9.64 Å². The van der Waals surface area contributed by atoms with E-state index < -0.39 is 11.7 Å². The summed E-state index contributed by atoms with van der Waals surface area (Å²) in [5.41, 5.74) is 2.46. The molecule has 0 spiro atoms. The zero-order chi connectivity index (χ0) is 21.5. The van der Waals surface area contributed by atoms with Crippen LogP contribution in [0.15, 0.2) is 73.1 Å². The van der Waals surface area contributed by atoms with Gasteiger partial charge in [0, 0.05) is 23.0 Å². The summed E-state index contributed by atoms with van der Waals surface area (Å²) in [5.74, 6) is -0.939. The van der Waals surface area contributed by atoms with E-state index in [4.69, 9.17) is 27.9 Å². The molecule has 0 aliphatic carbocycles. The van der Waals surface area contributed by atoms with Crippen molar-refractivity contribution in [3.63, 3.8) is 0 Å². The van der Waals surface area contributed by atoms with Crippen LogP contribution in [0.4, 0.5) is 10.1 Å². The fraction of sp³-hybridized carbons (Fsp3) is 0.0435. The molecule has 0 radical (unpaired) electrons. The van der Waals surface area contributed by atoms with E-state index in [1.54, 1.807) is 17.0 Å². The number of anilines is 1. The van der Waals surface area contributed by atoms with Gasteiger partial charge in [0.15, 0.2) is 0 Å². The summed E-state index contributed by atoms with van der Waals surface area (Å²) < 4.78 is 21.9. The van der Waals surface area contributed by atoms with Crippen molar-refractivity contribution in [3.05, 3.63) is 100 Å². The molecule has 5 rings (SSSR count). The average molecular weight is 454 g/mol. The molecular weight excluding hydrogens is 440 g/mol. The third-order valence-electron chi connectivity index (χ3n) is 4.98. The van der Waals surface area contributed by atoms with E-state index in [9.17, 15) is 9.18 Å². The predicted molar refractivity (Wildman–Crippen MR) is 117 cm³/mol. The average Bonchev–Trinajstić information content (AvgIpc) is 3.25. The SMILES string of the molecule is O=C(c1cc(F)cnc1Oc1cc(Cl)ccc1Cl)N1Cc2cccn2-c2ccccc21. The lowest BCUT2D eigenvalue weighted by Gasteiger charge is -2.31. The maximum absolute atomic E-state index is 14.1. The molecule has 1 aliphatic rings. The molecule has 3 heterocycles. The van der Waals surface area contributed by atoms with E-state index in [1.807, 2.05) is 47.2 Å². The molecule has 0 N–H and O–H groups in total. The minimum atomic E-state index is -0.651. The first-order valence-electron chi connectivity index (χ1n) is 9.37. The number of benzene rings is 2. The summed E-state index contributed by atoms with van der Waals surface area (Å²) in [6, 6.07) is 17.2. The number of para-hydroxylation sites is 2. The Balaban J connectivity index is 1.57. The maximum Gasteiger partial charge on any atom is 0.264 e. The molecule has 1 amide bonds. The van der Waals surface area contributed by atoms with Crippen molar-refractivity contribution in [3.8, 4) is 17.3 Å². The summed E-state index contributed by atoms with van der Waals surface area (Å²) in [6.45, 7) is 0.316. The van der Waals surface area contributed by atoms with Crippen molar-refractivity contribution < 1.29 is 13.9 Å². The predicted octanol–water partition coefficient (Wildman–Crippen LogP) is 6.27. The Kier molecular flexibility index (Phi) is 4.88. The molecule has 0 fully saturated rings. The van der Waals surface area contributed by atoms with Crippen LogP contribution in [0.1, 0.15) is 16.1 Å². The summed E-state index contributed by atoms with van der Waals surface area (Å²) in [7, 11) is 0. The van der Waals surface area contributed by atoms with Gasteiger partial charge in [0.25, 0.3) is 5.91 Å². The second-order valence-electron chi connectivity index (χ2n) is 6.93. The smallest absolute Gasteiger partial charge is 0.264 e. The monoisotopic (exact) mass is 453 g/mol. The first kappa shape index (κ1) is 19.6. The molecule has 0 unspecified atom stereocenters. The Labute approximate surface area is 187 Å². The van der Waals surface area contributed by atoms with Crippen molar-refractivity contribution in [2.24, 2.45) is 0 Å². The van der Waals surface area contributed by atoms with Crippen LogP contribution in [0.25, 0.3) is 5.69 Å². The number of rotatable bonds is 3. The second-order valence-corrected chi connectivity index (χ2v) is 7.78. The molecule has 0 bridgehead atoms. The van der Waals surface area contributed by atoms with Gasteiger partial charge in [-0.1, -0.05) is 35.3 Å². The zero-order valence-electron chi connectivity index (χ0n) is 15.9. The van der Waals surface area contributed by atoms with Crippen LogP contribution in [0.5, 0.6) is 11.6 Å². The summed E-state index contributed by atoms with van der Waals surface area (Å²) >= 11 is 12.2. The maximum atomic E-state index is 14.1. The van der Waals surface area contributed by atoms with Gasteiger partial charge in [-0.2, -0.15) is 0 Å². The highest BCUT2D eigenvalue weighted by Gasteiger charge is 2.29. The van der Waals surface area contributed by atoms with Crippen molar-refractivity contribution >= 4 is 34.8 Å². The lowest BCUT2D eigenvalue weighted by Crippen LogP contribution is -2.35. The van der Waals surface area contributed by atoms with Gasteiger partial charge in [0.1, 0.15) is 17.1 Å². The molecule has 0 saturated carbocycles. The molecule has 0 atom stereocenters. The lowest BCUT2D eigenvalue weighted by molar-refractivity contribution is 0.0980. The highest BCUT2D eigenvalue weighted by Crippen LogP contribution is 2.36. The van der Waals surface area contributed by atoms with Crippen LogP contribution in [0.2, 0.25) is 10.0 Å². The number of aromatic nitrogens is 2. The number of hydrogen-bond donors (Lipinski definition) is 0. The summed E-state index contributed by atoms with van der Waals surface area (Å²) in [6.07, 6.45) is 2.93. The molecule has 5 nitrogen and oxygen atoms in total. The largest absolute Gasteiger partial charge is 0.437 e. The number of hydrogen-bond acceptors (Lipinski definition) is 3. The van der Waals surface area contributed by atoms with Gasteiger partial charge in [-0.15, -0.1) is 0 Å². The van der Waals surface area contributed by atoms with Crippen LogP contribution in [0.3, 0.4) is 0 Å². The first-order chi connectivity index (χ1) is 15.0. The fourth-order valence-corrected chi connectivity index (χ4v) is 3.89. The number of carbonyl (C=O) groups excluding carboxylic acids is 1. The van der Waals surface area contributed by atoms with Crippen LogP contribution in [-0.2, 0) is 6.54 Å². The number of fused-ring (bicyclic) bond motifs is 3. The summed E-state index contributed by atoms with van der Waals surface area (Å²) in [5, 5.41) is 0.690. The third-order valence-corrected chi connectivity index (χ3v) is 5.53. The molecule has 8 heteroatoms. The number of nitrogens with zero attached hydrogens (tertiary/aromatic N) is 3. The minimum absolute atomic E-state index is 0.0224. The Hall–Kier alpha value is -3.35. The van der Waals surface area contributed by atoms with Crippen LogP contribution in [-0.4, -0.2) is 15.5 Å². The van der Waals surface area contributed by atoms with E-state index in [0.29, 0.717) is 17.3 Å². The van der Waals surface area contributed by atoms with Crippen LogP contribution in [0, 0.1) is 5.82 Å². The molecular formula is C23H14Cl2FN3O2. The number of amides is 1. The topological polar surface area (TPSA) is 47.4 Å². The fourth-order valence-electron chi connectivity index (χ4n) is 3.57. The lowest BCUT2D eigenvalue weighted by atomic mass is 10.1. The molecule has 2 aromatic carbocycles. The minimum Gasteiger partial charge on any atom is -0.437 e. The van der Waals surface area contributed by atoms with E-state index >= 15 is 0 Å². The number of carbonyl (C=O) groups is 1. The van der Waals surface area contributed by atoms with Gasteiger partial charge in [-0.3, -0.25) is 4.79 Å². The van der Waals surface area contributed by atoms with Crippen molar-refractivity contribution in [1.29, 1.82) is 0 Å². The van der Waals surface area contributed by atoms with E-state index in [0.717, 1.165) is 23.6 Å². The van der Waals surface area contributed by atoms with Crippen molar-refractivity contribution in [1.82, 2.24) is 9.55 Å². The van der Waals surface area contributed by atoms with E-state index in [2.05, 4.69) is 4.98 Å². The molecule has 0 saturated heterocycles. The van der Waals surface area contributed by atoms with Gasteiger partial charge in [-0.25, -0.2) is 9.37 Å². The Bertz CT molecular complexity index is 1320. The van der Waals surface area contributed by atoms with Gasteiger partial charge in [-0.05, 0) is 42.5 Å². The zero-order valence-corrected chi connectivity index (χ0v) is 17.4. The number of ether oxygens (including phenoxy) is 1. The molecule has 1 aliphatic heterocycles. The standard InChI is InChI=1S/C23H14Cl2FN3O2/c24-14-7-8-18(25)21(10-14)31-22-17(11-15(26)12-27-22)23(30)29-13-16-4-3-9-28(16)19-5-1-2-6-20(19)29/h1-12H,13H2. The van der Waals surface area contributed by atoms with E-state index in [-0.39, 0.29) is 22.2 Å². The molecule has 2 aromatic heterocycles. The van der Waals surface area contributed by atoms with Gasteiger partial charge < -0.3 is 14.2 Å². The first-order valence-corrected chi connectivity index (χ1v) is 10.1. The molecule has 154 valence electrons. The highest BCUT2D eigenvalue weighted by atomic mass is 35.5. The Morgan fingerprint density at radius 3 is 2.68 bits per heavy atom. The second kappa shape index (κ2) is 7.72. The van der Waals surface area contributed by atoms with Crippen LogP contribution >= 0.6 is 23.2 Å². The Morgan fingerprint density at radius 1 is 1.03 bits per heavy atom. The van der Waals surface area contributed by atoms with Gasteiger partial charge in [0.05, 0.1) is 29.1 Å². The van der Waals surface area contributed by atoms with Gasteiger partial charge >= 0.3 is 0 Å². The molecule has 31 heavy (non-hydrogen) atoms. The van der Waals surface area contributed by atoms with Gasteiger partial charge in [0.2, 0.25) is 5.88 Å². The number of halogens is 3. The van der Waals surface area contributed by atoms with Crippen molar-refractivity contribution in [2.45, 2.75) is 6.54 Å². The molecule has 4 aromatic rings.